The molecule has 0 spiro atoms. The van der Waals surface area contributed by atoms with E-state index in [1.54, 1.807) is 6.92 Å². The molecule has 0 bridgehead atoms. The van der Waals surface area contributed by atoms with Crippen molar-refractivity contribution in [2.24, 2.45) is 0 Å². The Labute approximate surface area is 247 Å². The number of hydrogen-bond donors (Lipinski definition) is 1. The Kier molecular flexibility index (Phi) is 12.1. The van der Waals surface area contributed by atoms with Gasteiger partial charge >= 0.3 is 17.9 Å². The van der Waals surface area contributed by atoms with E-state index in [1.165, 1.54) is 11.9 Å². The quantitative estimate of drug-likeness (QED) is 0.280. The zero-order valence-corrected chi connectivity index (χ0v) is 24.7. The van der Waals surface area contributed by atoms with Crippen LogP contribution in [0.4, 0.5) is 0 Å². The maximum Gasteiger partial charge on any atom is 0.333 e. The summed E-state index contributed by atoms with van der Waals surface area (Å²) in [6, 6.07) is 7.66. The summed E-state index contributed by atoms with van der Waals surface area (Å²) in [7, 11) is 0. The third-order valence-electron chi connectivity index (χ3n) is 7.77. The van der Waals surface area contributed by atoms with E-state index in [2.05, 4.69) is 5.32 Å². The van der Waals surface area contributed by atoms with Gasteiger partial charge in [-0.2, -0.15) is 0 Å². The van der Waals surface area contributed by atoms with E-state index in [0.29, 0.717) is 71.5 Å². The van der Waals surface area contributed by atoms with E-state index in [4.69, 9.17) is 18.9 Å². The first kappa shape index (κ1) is 31.9. The molecule has 4 rings (SSSR count). The van der Waals surface area contributed by atoms with Gasteiger partial charge in [-0.25, -0.2) is 9.80 Å². The van der Waals surface area contributed by atoms with Gasteiger partial charge in [0, 0.05) is 33.1 Å². The van der Waals surface area contributed by atoms with Gasteiger partial charge < -0.3 is 18.9 Å². The third-order valence-corrected chi connectivity index (χ3v) is 7.77. The van der Waals surface area contributed by atoms with Gasteiger partial charge in [0.25, 0.3) is 5.91 Å². The molecule has 12 nitrogen and oxygen atoms in total. The van der Waals surface area contributed by atoms with Crippen LogP contribution in [0.3, 0.4) is 0 Å². The molecule has 1 aromatic carbocycles. The average Bonchev–Trinajstić information content (AvgIpc) is 3.14. The Morgan fingerprint density at radius 1 is 1.02 bits per heavy atom. The number of hydrogen-bond acceptors (Lipinski definition) is 11. The van der Waals surface area contributed by atoms with Crippen molar-refractivity contribution in [3.8, 4) is 0 Å². The minimum Gasteiger partial charge on any atom is -0.465 e. The SMILES string of the molecule is CCOC(=O)[C@H](CCc1ccccc1)N[C@H]1CCCN2CCC[C@@H](C(=O)OC(C)OC(=O)CN3CCOCC3)N2C1=O. The van der Waals surface area contributed by atoms with Crippen molar-refractivity contribution in [2.45, 2.75) is 76.8 Å². The normalized spacial score (nSPS) is 23.3. The monoisotopic (exact) mass is 588 g/mol. The molecule has 4 atom stereocenters. The van der Waals surface area contributed by atoms with Gasteiger partial charge in [-0.15, -0.1) is 0 Å². The van der Waals surface area contributed by atoms with Gasteiger partial charge in [0.1, 0.15) is 12.1 Å². The van der Waals surface area contributed by atoms with Crippen molar-refractivity contribution in [2.75, 3.05) is 52.5 Å². The predicted molar refractivity (Wildman–Crippen MR) is 152 cm³/mol. The summed E-state index contributed by atoms with van der Waals surface area (Å²) >= 11 is 0. The Bertz CT molecular complexity index is 1050. The molecule has 232 valence electrons. The highest BCUT2D eigenvalue weighted by Gasteiger charge is 2.43. The van der Waals surface area contributed by atoms with Crippen LogP contribution in [0.2, 0.25) is 0 Å². The average molecular weight is 589 g/mol. The first-order chi connectivity index (χ1) is 20.4. The van der Waals surface area contributed by atoms with Crippen LogP contribution in [0.25, 0.3) is 0 Å². The minimum atomic E-state index is -1.09. The van der Waals surface area contributed by atoms with Gasteiger partial charge in [-0.05, 0) is 51.0 Å². The van der Waals surface area contributed by atoms with Crippen molar-refractivity contribution in [3.63, 3.8) is 0 Å². The number of ether oxygens (including phenoxy) is 4. The van der Waals surface area contributed by atoms with Crippen LogP contribution in [0, 0.1) is 0 Å². The smallest absolute Gasteiger partial charge is 0.333 e. The molecule has 1 amide bonds. The van der Waals surface area contributed by atoms with Crippen molar-refractivity contribution in [1.82, 2.24) is 20.2 Å². The van der Waals surface area contributed by atoms with Crippen LogP contribution in [-0.2, 0) is 44.5 Å². The summed E-state index contributed by atoms with van der Waals surface area (Å²) < 4.78 is 21.5. The lowest BCUT2D eigenvalue weighted by Crippen LogP contribution is -2.62. The van der Waals surface area contributed by atoms with Gasteiger partial charge in [0.05, 0.1) is 32.4 Å². The standard InChI is InChI=1S/C30H44N4O8/c1-3-40-29(37)25(14-13-23-9-5-4-6-10-23)31-24-11-7-15-33-16-8-12-26(34(33)28(24)36)30(38)42-22(2)41-27(35)21-32-17-19-39-20-18-32/h4-6,9-10,22,24-26,31H,3,7-8,11-21H2,1-2H3/t22?,24-,25-,26-/m0/s1. The van der Waals surface area contributed by atoms with E-state index < -0.39 is 42.3 Å². The number of esters is 3. The van der Waals surface area contributed by atoms with Gasteiger partial charge in [0.2, 0.25) is 6.29 Å². The van der Waals surface area contributed by atoms with E-state index in [-0.39, 0.29) is 19.1 Å². The molecule has 0 aromatic heterocycles. The minimum absolute atomic E-state index is 0.0896. The molecule has 1 unspecified atom stereocenters. The fraction of sp³-hybridized carbons (Fsp3) is 0.667. The van der Waals surface area contributed by atoms with Crippen molar-refractivity contribution < 1.29 is 38.1 Å². The van der Waals surface area contributed by atoms with E-state index in [9.17, 15) is 19.2 Å². The lowest BCUT2D eigenvalue weighted by Gasteiger charge is -2.43. The Morgan fingerprint density at radius 3 is 2.45 bits per heavy atom. The molecule has 12 heteroatoms. The zero-order chi connectivity index (χ0) is 29.9. The molecule has 0 saturated carbocycles. The number of amides is 1. The number of carbonyl (C=O) groups excluding carboxylic acids is 4. The Hall–Kier alpha value is -3.06. The number of morpholine rings is 1. The number of fused-ring (bicyclic) bond motifs is 1. The third kappa shape index (κ3) is 8.97. The number of hydrazine groups is 1. The molecule has 3 saturated heterocycles. The van der Waals surface area contributed by atoms with Crippen LogP contribution >= 0.6 is 0 Å². The topological polar surface area (TPSA) is 127 Å². The predicted octanol–water partition coefficient (Wildman–Crippen LogP) is 1.28. The molecule has 3 aliphatic rings. The summed E-state index contributed by atoms with van der Waals surface area (Å²) in [4.78, 5) is 54.4. The number of benzene rings is 1. The van der Waals surface area contributed by atoms with E-state index in [0.717, 1.165) is 12.0 Å². The molecule has 3 aliphatic heterocycles. The van der Waals surface area contributed by atoms with Crippen LogP contribution in [-0.4, -0.2) is 116 Å². The number of rotatable bonds is 12. The van der Waals surface area contributed by atoms with Crippen LogP contribution in [0.1, 0.15) is 51.5 Å². The second-order valence-corrected chi connectivity index (χ2v) is 10.9. The van der Waals surface area contributed by atoms with Crippen LogP contribution < -0.4 is 5.32 Å². The molecular weight excluding hydrogens is 544 g/mol. The number of nitrogens with zero attached hydrogens (tertiary/aromatic N) is 3. The summed E-state index contributed by atoms with van der Waals surface area (Å²) in [5.74, 6) is -1.78. The summed E-state index contributed by atoms with van der Waals surface area (Å²) in [6.07, 6.45) is 2.40. The Morgan fingerprint density at radius 2 is 1.74 bits per heavy atom. The number of aryl methyl sites for hydroxylation is 1. The molecule has 42 heavy (non-hydrogen) atoms. The molecule has 3 fully saturated rings. The zero-order valence-electron chi connectivity index (χ0n) is 24.7. The lowest BCUT2D eigenvalue weighted by molar-refractivity contribution is -0.199. The van der Waals surface area contributed by atoms with Crippen molar-refractivity contribution in [1.29, 1.82) is 0 Å². The van der Waals surface area contributed by atoms with E-state index >= 15 is 0 Å². The first-order valence-corrected chi connectivity index (χ1v) is 15.1. The largest absolute Gasteiger partial charge is 0.465 e. The number of nitrogens with one attached hydrogen (secondary N) is 1. The number of carbonyl (C=O) groups is 4. The highest BCUT2D eigenvalue weighted by Crippen LogP contribution is 2.26. The first-order valence-electron chi connectivity index (χ1n) is 15.1. The second kappa shape index (κ2) is 16.0. The van der Waals surface area contributed by atoms with Crippen molar-refractivity contribution in [3.05, 3.63) is 35.9 Å². The lowest BCUT2D eigenvalue weighted by atomic mass is 10.0. The van der Waals surface area contributed by atoms with Gasteiger partial charge in [0.15, 0.2) is 0 Å². The second-order valence-electron chi connectivity index (χ2n) is 10.9. The highest BCUT2D eigenvalue weighted by molar-refractivity contribution is 5.88. The molecule has 0 aliphatic carbocycles. The van der Waals surface area contributed by atoms with E-state index in [1.807, 2.05) is 40.2 Å². The van der Waals surface area contributed by atoms with Crippen molar-refractivity contribution >= 4 is 23.8 Å². The van der Waals surface area contributed by atoms with Crippen LogP contribution in [0.5, 0.6) is 0 Å². The Balaban J connectivity index is 1.38. The fourth-order valence-corrected chi connectivity index (χ4v) is 5.68. The summed E-state index contributed by atoms with van der Waals surface area (Å²) in [5, 5.41) is 6.67. The molecule has 3 heterocycles. The maximum absolute atomic E-state index is 13.9. The molecule has 0 radical (unpaired) electrons. The molecule has 1 aromatic rings. The summed E-state index contributed by atoms with van der Waals surface area (Å²) in [5.41, 5.74) is 1.09. The van der Waals surface area contributed by atoms with Gasteiger partial charge in [-0.3, -0.25) is 29.6 Å². The molecule has 1 N–H and O–H groups in total. The maximum atomic E-state index is 13.9. The van der Waals surface area contributed by atoms with Crippen LogP contribution in [0.15, 0.2) is 30.3 Å². The molecular formula is C30H44N4O8. The fourth-order valence-electron chi connectivity index (χ4n) is 5.68. The van der Waals surface area contributed by atoms with Gasteiger partial charge in [-0.1, -0.05) is 30.3 Å². The highest BCUT2D eigenvalue weighted by atomic mass is 16.7. The summed E-state index contributed by atoms with van der Waals surface area (Å²) in [6.45, 7) is 7.22.